The van der Waals surface area contributed by atoms with Crippen molar-refractivity contribution in [2.45, 2.75) is 31.6 Å². The van der Waals surface area contributed by atoms with E-state index in [1.165, 1.54) is 12.1 Å². The summed E-state index contributed by atoms with van der Waals surface area (Å²) in [5, 5.41) is 9.75. The Labute approximate surface area is 164 Å². The summed E-state index contributed by atoms with van der Waals surface area (Å²) in [6, 6.07) is 12.0. The van der Waals surface area contributed by atoms with Crippen LogP contribution in [0.15, 0.2) is 53.1 Å². The number of carbonyl (C=O) groups is 1. The Morgan fingerprint density at radius 1 is 1.14 bits per heavy atom. The number of hydrogen-bond acceptors (Lipinski definition) is 5. The molecule has 9 heteroatoms. The van der Waals surface area contributed by atoms with E-state index in [-0.39, 0.29) is 35.8 Å². The van der Waals surface area contributed by atoms with Crippen LogP contribution in [0.1, 0.15) is 34.7 Å². The van der Waals surface area contributed by atoms with Gasteiger partial charge in [-0.25, -0.2) is 0 Å². The second-order valence-corrected chi connectivity index (χ2v) is 6.74. The average Bonchev–Trinajstić information content (AvgIpc) is 3.39. The minimum atomic E-state index is -4.45. The molecule has 0 atom stereocenters. The SMILES string of the molecule is O=C(NC1CC1)c1ccccc1NCc1nc(-c2cccc(C(F)(F)F)c2)no1. The summed E-state index contributed by atoms with van der Waals surface area (Å²) in [6.07, 6.45) is -2.47. The first-order valence-electron chi connectivity index (χ1n) is 9.04. The molecule has 0 unspecified atom stereocenters. The van der Waals surface area contributed by atoms with E-state index in [2.05, 4.69) is 20.8 Å². The number of halogens is 3. The van der Waals surface area contributed by atoms with Crippen molar-refractivity contribution >= 4 is 11.6 Å². The Balaban J connectivity index is 1.46. The molecule has 1 aliphatic rings. The third kappa shape index (κ3) is 4.56. The molecule has 4 rings (SSSR count). The third-order valence-corrected chi connectivity index (χ3v) is 4.43. The first kappa shape index (κ1) is 19.0. The number of benzene rings is 2. The topological polar surface area (TPSA) is 80.0 Å². The lowest BCUT2D eigenvalue weighted by Gasteiger charge is -2.10. The van der Waals surface area contributed by atoms with Crippen LogP contribution in [0.25, 0.3) is 11.4 Å². The molecule has 1 heterocycles. The van der Waals surface area contributed by atoms with Crippen molar-refractivity contribution in [1.29, 1.82) is 0 Å². The van der Waals surface area contributed by atoms with Crippen molar-refractivity contribution in [2.24, 2.45) is 0 Å². The van der Waals surface area contributed by atoms with E-state index in [1.54, 1.807) is 24.3 Å². The van der Waals surface area contributed by atoms with Crippen LogP contribution in [-0.4, -0.2) is 22.1 Å². The lowest BCUT2D eigenvalue weighted by Crippen LogP contribution is -2.26. The molecule has 0 aliphatic heterocycles. The maximum atomic E-state index is 12.9. The van der Waals surface area contributed by atoms with Crippen molar-refractivity contribution in [1.82, 2.24) is 15.5 Å². The van der Waals surface area contributed by atoms with Gasteiger partial charge in [0, 0.05) is 17.3 Å². The number of hydrogen-bond donors (Lipinski definition) is 2. The Kier molecular flexibility index (Phi) is 4.96. The number of nitrogens with one attached hydrogen (secondary N) is 2. The van der Waals surface area contributed by atoms with Gasteiger partial charge in [-0.1, -0.05) is 29.4 Å². The lowest BCUT2D eigenvalue weighted by molar-refractivity contribution is -0.137. The summed E-state index contributed by atoms with van der Waals surface area (Å²) in [7, 11) is 0. The van der Waals surface area contributed by atoms with Gasteiger partial charge in [0.15, 0.2) is 0 Å². The Morgan fingerprint density at radius 3 is 2.69 bits per heavy atom. The van der Waals surface area contributed by atoms with Crippen LogP contribution >= 0.6 is 0 Å². The fourth-order valence-corrected chi connectivity index (χ4v) is 2.78. The maximum absolute atomic E-state index is 12.9. The first-order chi connectivity index (χ1) is 13.9. The third-order valence-electron chi connectivity index (χ3n) is 4.43. The van der Waals surface area contributed by atoms with Gasteiger partial charge in [-0.05, 0) is 37.1 Å². The molecule has 0 saturated heterocycles. The quantitative estimate of drug-likeness (QED) is 0.644. The standard InChI is InChI=1S/C20H17F3N4O2/c21-20(22,23)13-5-3-4-12(10-13)18-26-17(29-27-18)11-24-16-7-2-1-6-15(16)19(28)25-14-8-9-14/h1-7,10,14,24H,8-9,11H2,(H,25,28). The highest BCUT2D eigenvalue weighted by atomic mass is 19.4. The Bertz CT molecular complexity index is 1030. The van der Waals surface area contributed by atoms with Gasteiger partial charge in [0.25, 0.3) is 5.91 Å². The van der Waals surface area contributed by atoms with E-state index in [4.69, 9.17) is 4.52 Å². The average molecular weight is 402 g/mol. The molecule has 1 saturated carbocycles. The lowest BCUT2D eigenvalue weighted by atomic mass is 10.1. The molecule has 150 valence electrons. The monoisotopic (exact) mass is 402 g/mol. The zero-order valence-electron chi connectivity index (χ0n) is 15.2. The van der Waals surface area contributed by atoms with Gasteiger partial charge in [-0.15, -0.1) is 0 Å². The van der Waals surface area contributed by atoms with Crippen molar-refractivity contribution in [3.63, 3.8) is 0 Å². The van der Waals surface area contributed by atoms with Crippen LogP contribution in [0.3, 0.4) is 0 Å². The Hall–Kier alpha value is -3.36. The Morgan fingerprint density at radius 2 is 1.93 bits per heavy atom. The maximum Gasteiger partial charge on any atom is 0.416 e. The number of anilines is 1. The molecule has 1 aromatic heterocycles. The van der Waals surface area contributed by atoms with Gasteiger partial charge in [0.2, 0.25) is 11.7 Å². The number of para-hydroxylation sites is 1. The fourth-order valence-electron chi connectivity index (χ4n) is 2.78. The van der Waals surface area contributed by atoms with Crippen molar-refractivity contribution < 1.29 is 22.5 Å². The number of amides is 1. The molecule has 1 amide bonds. The second kappa shape index (κ2) is 7.57. The molecule has 6 nitrogen and oxygen atoms in total. The number of nitrogens with zero attached hydrogens (tertiary/aromatic N) is 2. The van der Waals surface area contributed by atoms with Crippen LogP contribution in [0.5, 0.6) is 0 Å². The second-order valence-electron chi connectivity index (χ2n) is 6.74. The van der Waals surface area contributed by atoms with Crippen LogP contribution < -0.4 is 10.6 Å². The van der Waals surface area contributed by atoms with Gasteiger partial charge >= 0.3 is 6.18 Å². The van der Waals surface area contributed by atoms with E-state index >= 15 is 0 Å². The van der Waals surface area contributed by atoms with Crippen molar-refractivity contribution in [2.75, 3.05) is 5.32 Å². The van der Waals surface area contributed by atoms with Crippen LogP contribution in [0, 0.1) is 0 Å². The number of rotatable bonds is 6. The van der Waals surface area contributed by atoms with Crippen molar-refractivity contribution in [3.8, 4) is 11.4 Å². The molecule has 0 bridgehead atoms. The van der Waals surface area contributed by atoms with Crippen LogP contribution in [0.4, 0.5) is 18.9 Å². The minimum Gasteiger partial charge on any atom is -0.375 e. The molecular formula is C20H17F3N4O2. The van der Waals surface area contributed by atoms with E-state index in [0.29, 0.717) is 11.3 Å². The van der Waals surface area contributed by atoms with Crippen molar-refractivity contribution in [3.05, 3.63) is 65.5 Å². The molecule has 1 fully saturated rings. The molecule has 0 radical (unpaired) electrons. The molecular weight excluding hydrogens is 385 g/mol. The van der Waals surface area contributed by atoms with Crippen LogP contribution in [0.2, 0.25) is 0 Å². The fraction of sp³-hybridized carbons (Fsp3) is 0.250. The highest BCUT2D eigenvalue weighted by molar-refractivity contribution is 5.99. The molecule has 29 heavy (non-hydrogen) atoms. The summed E-state index contributed by atoms with van der Waals surface area (Å²) in [5.74, 6) is 0.0910. The molecule has 2 N–H and O–H groups in total. The van der Waals surface area contributed by atoms with Gasteiger partial charge in [-0.3, -0.25) is 4.79 Å². The van der Waals surface area contributed by atoms with Crippen LogP contribution in [-0.2, 0) is 12.7 Å². The van der Waals surface area contributed by atoms with Gasteiger partial charge in [0.05, 0.1) is 17.7 Å². The summed E-state index contributed by atoms with van der Waals surface area (Å²) < 4.78 is 43.8. The summed E-state index contributed by atoms with van der Waals surface area (Å²) in [4.78, 5) is 16.5. The van der Waals surface area contributed by atoms with E-state index in [9.17, 15) is 18.0 Å². The van der Waals surface area contributed by atoms with E-state index in [1.807, 2.05) is 0 Å². The molecule has 0 spiro atoms. The first-order valence-corrected chi connectivity index (χ1v) is 9.04. The van der Waals surface area contributed by atoms with Gasteiger partial charge in [0.1, 0.15) is 0 Å². The summed E-state index contributed by atoms with van der Waals surface area (Å²) in [6.45, 7) is 0.125. The largest absolute Gasteiger partial charge is 0.416 e. The number of carbonyl (C=O) groups excluding carboxylic acids is 1. The smallest absolute Gasteiger partial charge is 0.375 e. The molecule has 1 aliphatic carbocycles. The summed E-state index contributed by atoms with van der Waals surface area (Å²) >= 11 is 0. The normalized spacial score (nSPS) is 13.9. The number of alkyl halides is 3. The van der Waals surface area contributed by atoms with Gasteiger partial charge < -0.3 is 15.2 Å². The predicted molar refractivity (Wildman–Crippen MR) is 99.0 cm³/mol. The van der Waals surface area contributed by atoms with Gasteiger partial charge in [-0.2, -0.15) is 18.2 Å². The highest BCUT2D eigenvalue weighted by Crippen LogP contribution is 2.31. The summed E-state index contributed by atoms with van der Waals surface area (Å²) in [5.41, 5.74) is 0.524. The van der Waals surface area contributed by atoms with E-state index in [0.717, 1.165) is 25.0 Å². The zero-order chi connectivity index (χ0) is 20.4. The minimum absolute atomic E-state index is 0.0626. The predicted octanol–water partition coefficient (Wildman–Crippen LogP) is 4.26. The number of aromatic nitrogens is 2. The zero-order valence-corrected chi connectivity index (χ0v) is 15.2. The molecule has 3 aromatic rings. The van der Waals surface area contributed by atoms with E-state index < -0.39 is 11.7 Å². The molecule has 2 aromatic carbocycles. The highest BCUT2D eigenvalue weighted by Gasteiger charge is 2.30.